The van der Waals surface area contributed by atoms with Crippen molar-refractivity contribution in [2.45, 2.75) is 6.92 Å². The molecule has 7 heteroatoms. The van der Waals surface area contributed by atoms with Crippen LogP contribution in [0.3, 0.4) is 0 Å². The Kier molecular flexibility index (Phi) is 5.34. The number of benzene rings is 2. The van der Waals surface area contributed by atoms with Gasteiger partial charge in [-0.3, -0.25) is 9.69 Å². The lowest BCUT2D eigenvalue weighted by molar-refractivity contribution is -0.113. The van der Waals surface area contributed by atoms with Crippen molar-refractivity contribution in [2.24, 2.45) is 0 Å². The number of anilines is 1. The van der Waals surface area contributed by atoms with Gasteiger partial charge in [-0.05, 0) is 55.0 Å². The summed E-state index contributed by atoms with van der Waals surface area (Å²) in [5, 5.41) is 1.06. The second-order valence-electron chi connectivity index (χ2n) is 6.18. The van der Waals surface area contributed by atoms with Crippen LogP contribution in [0.1, 0.15) is 11.3 Å². The molecule has 0 atom stereocenters. The first kappa shape index (κ1) is 19.3. The summed E-state index contributed by atoms with van der Waals surface area (Å²) >= 11 is 18.9. The lowest BCUT2D eigenvalue weighted by atomic mass is 10.2. The quantitative estimate of drug-likeness (QED) is 0.321. The molecule has 0 radical (unpaired) electrons. The van der Waals surface area contributed by atoms with E-state index < -0.39 is 0 Å². The van der Waals surface area contributed by atoms with Crippen molar-refractivity contribution in [1.29, 1.82) is 0 Å². The van der Waals surface area contributed by atoms with Gasteiger partial charge >= 0.3 is 0 Å². The summed E-state index contributed by atoms with van der Waals surface area (Å²) in [6.07, 6.45) is 1.70. The van der Waals surface area contributed by atoms with E-state index in [4.69, 9.17) is 39.8 Å². The minimum atomic E-state index is -0.164. The Balaban J connectivity index is 1.62. The predicted octanol–water partition coefficient (Wildman–Crippen LogP) is 6.97. The number of nitrogens with zero attached hydrogens (tertiary/aromatic N) is 1. The van der Waals surface area contributed by atoms with Crippen molar-refractivity contribution in [1.82, 2.24) is 0 Å². The number of carbonyl (C=O) groups is 1. The lowest BCUT2D eigenvalue weighted by Gasteiger charge is -2.14. The summed E-state index contributed by atoms with van der Waals surface area (Å²) < 4.78 is 6.36. The molecular weight excluding hydrogens is 433 g/mol. The number of hydrogen-bond acceptors (Lipinski definition) is 4. The number of amides is 1. The number of carbonyl (C=O) groups excluding carboxylic acids is 1. The molecule has 3 aromatic rings. The molecule has 140 valence electrons. The molecule has 4 rings (SSSR count). The van der Waals surface area contributed by atoms with Crippen LogP contribution in [0.5, 0.6) is 0 Å². The van der Waals surface area contributed by atoms with Gasteiger partial charge < -0.3 is 4.42 Å². The summed E-state index contributed by atoms with van der Waals surface area (Å²) in [5.41, 5.74) is 2.56. The van der Waals surface area contributed by atoms with Gasteiger partial charge in [0.15, 0.2) is 4.32 Å². The van der Waals surface area contributed by atoms with Crippen molar-refractivity contribution in [2.75, 3.05) is 4.90 Å². The highest BCUT2D eigenvalue weighted by Gasteiger charge is 2.33. The molecule has 0 unspecified atom stereocenters. The van der Waals surface area contributed by atoms with E-state index in [-0.39, 0.29) is 5.91 Å². The van der Waals surface area contributed by atoms with Crippen molar-refractivity contribution in [3.8, 4) is 11.3 Å². The SMILES string of the molecule is Cc1cccc(N2C(=O)/C(=C/c3ccc(-c4ccc(Cl)cc4Cl)o3)SC2=S)c1. The monoisotopic (exact) mass is 445 g/mol. The second-order valence-corrected chi connectivity index (χ2v) is 8.70. The van der Waals surface area contributed by atoms with Crippen LogP contribution in [0, 0.1) is 6.92 Å². The largest absolute Gasteiger partial charge is 0.457 e. The molecule has 1 aliphatic rings. The Morgan fingerprint density at radius 2 is 1.93 bits per heavy atom. The van der Waals surface area contributed by atoms with Gasteiger partial charge in [0, 0.05) is 16.7 Å². The van der Waals surface area contributed by atoms with Crippen LogP contribution in [-0.4, -0.2) is 10.2 Å². The van der Waals surface area contributed by atoms with E-state index in [0.29, 0.717) is 30.8 Å². The maximum absolute atomic E-state index is 12.9. The second kappa shape index (κ2) is 7.76. The van der Waals surface area contributed by atoms with Gasteiger partial charge in [0.25, 0.3) is 5.91 Å². The molecule has 0 saturated carbocycles. The Morgan fingerprint density at radius 3 is 2.68 bits per heavy atom. The van der Waals surface area contributed by atoms with E-state index in [1.807, 2.05) is 37.3 Å². The Labute approximate surface area is 181 Å². The average Bonchev–Trinajstić information content (AvgIpc) is 3.20. The fourth-order valence-corrected chi connectivity index (χ4v) is 4.63. The third kappa shape index (κ3) is 3.76. The van der Waals surface area contributed by atoms with Gasteiger partial charge in [-0.25, -0.2) is 0 Å². The Morgan fingerprint density at radius 1 is 1.11 bits per heavy atom. The minimum Gasteiger partial charge on any atom is -0.457 e. The van der Waals surface area contributed by atoms with E-state index in [0.717, 1.165) is 16.8 Å². The third-order valence-electron chi connectivity index (χ3n) is 4.15. The van der Waals surface area contributed by atoms with E-state index in [1.165, 1.54) is 11.8 Å². The average molecular weight is 446 g/mol. The summed E-state index contributed by atoms with van der Waals surface area (Å²) in [6.45, 7) is 1.98. The van der Waals surface area contributed by atoms with E-state index in [9.17, 15) is 4.79 Å². The predicted molar refractivity (Wildman–Crippen MR) is 121 cm³/mol. The number of hydrogen-bond donors (Lipinski definition) is 0. The molecule has 0 bridgehead atoms. The van der Waals surface area contributed by atoms with Gasteiger partial charge in [-0.1, -0.05) is 59.3 Å². The summed E-state index contributed by atoms with van der Waals surface area (Å²) in [4.78, 5) is 14.9. The smallest absolute Gasteiger partial charge is 0.270 e. The van der Waals surface area contributed by atoms with Crippen LogP contribution in [-0.2, 0) is 4.79 Å². The first-order chi connectivity index (χ1) is 13.4. The van der Waals surface area contributed by atoms with Crippen LogP contribution in [0.4, 0.5) is 5.69 Å². The summed E-state index contributed by atoms with van der Waals surface area (Å²) in [7, 11) is 0. The molecule has 2 heterocycles. The molecule has 1 aromatic heterocycles. The van der Waals surface area contributed by atoms with Crippen molar-refractivity contribution in [3.63, 3.8) is 0 Å². The van der Waals surface area contributed by atoms with Crippen LogP contribution < -0.4 is 4.90 Å². The van der Waals surface area contributed by atoms with Gasteiger partial charge in [0.05, 0.1) is 15.6 Å². The normalized spacial score (nSPS) is 15.7. The molecule has 3 nitrogen and oxygen atoms in total. The number of thioether (sulfide) groups is 1. The highest BCUT2D eigenvalue weighted by Crippen LogP contribution is 2.37. The van der Waals surface area contributed by atoms with Crippen molar-refractivity contribution < 1.29 is 9.21 Å². The van der Waals surface area contributed by atoms with Crippen LogP contribution >= 0.6 is 47.2 Å². The first-order valence-electron chi connectivity index (χ1n) is 8.32. The Hall–Kier alpha value is -2.05. The topological polar surface area (TPSA) is 33.5 Å². The highest BCUT2D eigenvalue weighted by molar-refractivity contribution is 8.27. The van der Waals surface area contributed by atoms with Gasteiger partial charge in [0.1, 0.15) is 11.5 Å². The maximum Gasteiger partial charge on any atom is 0.270 e. The van der Waals surface area contributed by atoms with Gasteiger partial charge in [-0.2, -0.15) is 0 Å². The van der Waals surface area contributed by atoms with Gasteiger partial charge in [-0.15, -0.1) is 0 Å². The molecule has 1 saturated heterocycles. The zero-order chi connectivity index (χ0) is 19.8. The number of rotatable bonds is 3. The third-order valence-corrected chi connectivity index (χ3v) is 6.00. The molecule has 1 amide bonds. The molecule has 0 N–H and O–H groups in total. The Bertz CT molecular complexity index is 1140. The standard InChI is InChI=1S/C21H13Cl2NO2S2/c1-12-3-2-4-14(9-12)24-20(25)19(28-21(24)27)11-15-6-8-18(26-15)16-7-5-13(22)10-17(16)23/h2-11H,1H3/b19-11-. The van der Waals surface area contributed by atoms with Gasteiger partial charge in [0.2, 0.25) is 0 Å². The number of thiocarbonyl (C=S) groups is 1. The lowest BCUT2D eigenvalue weighted by Crippen LogP contribution is -2.27. The van der Waals surface area contributed by atoms with Crippen LogP contribution in [0.25, 0.3) is 17.4 Å². The molecule has 1 aliphatic heterocycles. The summed E-state index contributed by atoms with van der Waals surface area (Å²) in [5.74, 6) is 0.982. The van der Waals surface area contributed by atoms with Crippen molar-refractivity contribution >= 4 is 69.2 Å². The highest BCUT2D eigenvalue weighted by atomic mass is 35.5. The molecule has 2 aromatic carbocycles. The van der Waals surface area contributed by atoms with Crippen molar-refractivity contribution in [3.05, 3.63) is 80.9 Å². The fourth-order valence-electron chi connectivity index (χ4n) is 2.85. The molecule has 28 heavy (non-hydrogen) atoms. The van der Waals surface area contributed by atoms with E-state index in [1.54, 1.807) is 35.2 Å². The molecule has 1 fully saturated rings. The summed E-state index contributed by atoms with van der Waals surface area (Å²) in [6, 6.07) is 16.5. The minimum absolute atomic E-state index is 0.164. The number of furan rings is 1. The fraction of sp³-hybridized carbons (Fsp3) is 0.0476. The van der Waals surface area contributed by atoms with Crippen LogP contribution in [0.15, 0.2) is 63.9 Å². The molecule has 0 spiro atoms. The van der Waals surface area contributed by atoms with Crippen LogP contribution in [0.2, 0.25) is 10.0 Å². The number of aryl methyl sites for hydroxylation is 1. The van der Waals surface area contributed by atoms with E-state index in [2.05, 4.69) is 0 Å². The first-order valence-corrected chi connectivity index (χ1v) is 10.3. The number of halogens is 2. The van der Waals surface area contributed by atoms with E-state index >= 15 is 0 Å². The zero-order valence-electron chi connectivity index (χ0n) is 14.6. The maximum atomic E-state index is 12.9. The molecular formula is C21H13Cl2NO2S2. The molecule has 0 aliphatic carbocycles. The zero-order valence-corrected chi connectivity index (χ0v) is 17.8.